The summed E-state index contributed by atoms with van der Waals surface area (Å²) in [5, 5.41) is 8.19. The number of rotatable bonds is 5. The molecule has 1 aliphatic carbocycles. The zero-order valence-electron chi connectivity index (χ0n) is 20.1. The Morgan fingerprint density at radius 2 is 1.86 bits per heavy atom. The fourth-order valence-corrected chi connectivity index (χ4v) is 5.41. The van der Waals surface area contributed by atoms with Crippen molar-refractivity contribution in [2.75, 3.05) is 11.5 Å². The van der Waals surface area contributed by atoms with Gasteiger partial charge in [0.05, 0.1) is 6.04 Å². The number of carbonyl (C=O) groups is 1. The largest absolute Gasteiger partial charge is 0.474 e. The molecule has 0 N–H and O–H groups in total. The number of anilines is 1. The Hall–Kier alpha value is -4.07. The minimum absolute atomic E-state index is 0.126. The molecule has 3 aromatic heterocycles. The molecule has 1 aromatic carbocycles. The fourth-order valence-electron chi connectivity index (χ4n) is 5.41. The maximum atomic E-state index is 12.5. The van der Waals surface area contributed by atoms with Crippen LogP contribution >= 0.6 is 0 Å². The molecule has 8 heteroatoms. The number of benzene rings is 1. The molecule has 0 unspecified atom stereocenters. The van der Waals surface area contributed by atoms with Crippen molar-refractivity contribution >= 4 is 11.6 Å². The third-order valence-corrected chi connectivity index (χ3v) is 7.45. The standard InChI is InChI=1S/C28H26N6O2/c1-33-16-31-32-27(33)20-6-4-19(5-7-20)24-14-29-21(12-23(24)18-2-3-18)10-17-11-25-28(30-13-17)36-15-22-8-9-26(35)34(22)25/h4-7,11-14,16,18,22H,2-3,8-10,15H2,1H3/t22-/m0/s1. The van der Waals surface area contributed by atoms with Crippen LogP contribution in [0, 0.1) is 0 Å². The van der Waals surface area contributed by atoms with Gasteiger partial charge in [0.2, 0.25) is 11.8 Å². The molecule has 1 saturated carbocycles. The van der Waals surface area contributed by atoms with E-state index in [1.165, 1.54) is 24.0 Å². The maximum Gasteiger partial charge on any atom is 0.238 e. The lowest BCUT2D eigenvalue weighted by Gasteiger charge is -2.31. The van der Waals surface area contributed by atoms with Crippen molar-refractivity contribution in [2.45, 2.75) is 44.1 Å². The summed E-state index contributed by atoms with van der Waals surface area (Å²) in [5.41, 5.74) is 7.59. The van der Waals surface area contributed by atoms with Crippen LogP contribution in [-0.4, -0.2) is 43.3 Å². The highest BCUT2D eigenvalue weighted by atomic mass is 16.5. The Balaban J connectivity index is 1.18. The Bertz CT molecular complexity index is 1470. The van der Waals surface area contributed by atoms with E-state index in [1.807, 2.05) is 28.9 Å². The van der Waals surface area contributed by atoms with E-state index >= 15 is 0 Å². The van der Waals surface area contributed by atoms with Crippen LogP contribution in [0.3, 0.4) is 0 Å². The van der Waals surface area contributed by atoms with Crippen LogP contribution in [-0.2, 0) is 18.3 Å². The van der Waals surface area contributed by atoms with Crippen molar-refractivity contribution < 1.29 is 9.53 Å². The number of amides is 1. The van der Waals surface area contributed by atoms with E-state index < -0.39 is 0 Å². The molecule has 3 aliphatic rings. The van der Waals surface area contributed by atoms with Crippen LogP contribution in [0.25, 0.3) is 22.5 Å². The smallest absolute Gasteiger partial charge is 0.238 e. The summed E-state index contributed by atoms with van der Waals surface area (Å²) in [5.74, 6) is 2.14. The third kappa shape index (κ3) is 3.64. The summed E-state index contributed by atoms with van der Waals surface area (Å²) in [7, 11) is 1.95. The quantitative estimate of drug-likeness (QED) is 0.425. The Labute approximate surface area is 209 Å². The molecule has 2 fully saturated rings. The summed E-state index contributed by atoms with van der Waals surface area (Å²) >= 11 is 0. The zero-order valence-corrected chi connectivity index (χ0v) is 20.1. The molecular formula is C28H26N6O2. The minimum Gasteiger partial charge on any atom is -0.474 e. The number of hydrogen-bond donors (Lipinski definition) is 0. The Morgan fingerprint density at radius 3 is 2.64 bits per heavy atom. The zero-order chi connectivity index (χ0) is 24.2. The third-order valence-electron chi connectivity index (χ3n) is 7.45. The number of ether oxygens (including phenoxy) is 1. The SMILES string of the molecule is Cn1cnnc1-c1ccc(-c2cnc(Cc3cnc4c(c3)N3C(=O)CC[C@H]3CO4)cc2C2CC2)cc1. The molecule has 4 aromatic rings. The topological polar surface area (TPSA) is 86.0 Å². The first-order chi connectivity index (χ1) is 17.6. The predicted molar refractivity (Wildman–Crippen MR) is 135 cm³/mol. The van der Waals surface area contributed by atoms with E-state index in [9.17, 15) is 4.79 Å². The van der Waals surface area contributed by atoms with Gasteiger partial charge < -0.3 is 14.2 Å². The first kappa shape index (κ1) is 21.2. The van der Waals surface area contributed by atoms with Gasteiger partial charge in [0.1, 0.15) is 18.6 Å². The van der Waals surface area contributed by atoms with E-state index in [4.69, 9.17) is 9.72 Å². The van der Waals surface area contributed by atoms with Crippen LogP contribution in [0.4, 0.5) is 5.69 Å². The molecule has 36 heavy (non-hydrogen) atoms. The summed E-state index contributed by atoms with van der Waals surface area (Å²) in [6.07, 6.45) is 10.1. The van der Waals surface area contributed by atoms with Gasteiger partial charge in [0.25, 0.3) is 0 Å². The van der Waals surface area contributed by atoms with Gasteiger partial charge >= 0.3 is 0 Å². The number of carbonyl (C=O) groups excluding carboxylic acids is 1. The number of aromatic nitrogens is 5. The highest BCUT2D eigenvalue weighted by Crippen LogP contribution is 2.45. The average molecular weight is 479 g/mol. The molecule has 5 heterocycles. The molecule has 1 amide bonds. The van der Waals surface area contributed by atoms with E-state index in [1.54, 1.807) is 6.33 Å². The summed E-state index contributed by atoms with van der Waals surface area (Å²) in [6, 6.07) is 12.9. The van der Waals surface area contributed by atoms with Crippen molar-refractivity contribution in [1.82, 2.24) is 24.7 Å². The highest BCUT2D eigenvalue weighted by Gasteiger charge is 2.38. The number of pyridine rings is 2. The lowest BCUT2D eigenvalue weighted by Crippen LogP contribution is -2.40. The van der Waals surface area contributed by atoms with Gasteiger partial charge in [-0.1, -0.05) is 24.3 Å². The Kier molecular flexibility index (Phi) is 4.87. The molecule has 7 rings (SSSR count). The first-order valence-corrected chi connectivity index (χ1v) is 12.5. The second kappa shape index (κ2) is 8.26. The van der Waals surface area contributed by atoms with Crippen molar-refractivity contribution in [3.63, 3.8) is 0 Å². The second-order valence-electron chi connectivity index (χ2n) is 9.99. The summed E-state index contributed by atoms with van der Waals surface area (Å²) < 4.78 is 7.74. The molecule has 1 atom stereocenters. The van der Waals surface area contributed by atoms with Crippen molar-refractivity contribution in [3.05, 3.63) is 71.9 Å². The maximum absolute atomic E-state index is 12.5. The van der Waals surface area contributed by atoms with Crippen molar-refractivity contribution in [3.8, 4) is 28.4 Å². The molecule has 8 nitrogen and oxygen atoms in total. The van der Waals surface area contributed by atoms with Crippen LogP contribution < -0.4 is 9.64 Å². The summed E-state index contributed by atoms with van der Waals surface area (Å²) in [6.45, 7) is 0.526. The first-order valence-electron chi connectivity index (χ1n) is 12.5. The van der Waals surface area contributed by atoms with Gasteiger partial charge in [0.15, 0.2) is 5.82 Å². The number of nitrogens with zero attached hydrogens (tertiary/aromatic N) is 6. The van der Waals surface area contributed by atoms with Gasteiger partial charge in [-0.3, -0.25) is 9.78 Å². The van der Waals surface area contributed by atoms with E-state index in [0.29, 0.717) is 31.2 Å². The van der Waals surface area contributed by atoms with E-state index in [2.05, 4.69) is 51.6 Å². The van der Waals surface area contributed by atoms with Crippen LogP contribution in [0.2, 0.25) is 0 Å². The van der Waals surface area contributed by atoms with Crippen LogP contribution in [0.1, 0.15) is 48.4 Å². The van der Waals surface area contributed by atoms with Crippen LogP contribution in [0.5, 0.6) is 5.88 Å². The summed E-state index contributed by atoms with van der Waals surface area (Å²) in [4.78, 5) is 23.7. The van der Waals surface area contributed by atoms with Crippen LogP contribution in [0.15, 0.2) is 55.1 Å². The number of aryl methyl sites for hydroxylation is 1. The van der Waals surface area contributed by atoms with Crippen molar-refractivity contribution in [1.29, 1.82) is 0 Å². The number of fused-ring (bicyclic) bond motifs is 3. The monoisotopic (exact) mass is 478 g/mol. The molecule has 0 spiro atoms. The second-order valence-corrected chi connectivity index (χ2v) is 9.99. The molecule has 0 bridgehead atoms. The average Bonchev–Trinajstić information content (AvgIpc) is 3.56. The van der Waals surface area contributed by atoms with Gasteiger partial charge in [0, 0.05) is 49.1 Å². The van der Waals surface area contributed by atoms with Crippen molar-refractivity contribution in [2.24, 2.45) is 7.05 Å². The highest BCUT2D eigenvalue weighted by molar-refractivity contribution is 5.97. The van der Waals surface area contributed by atoms with E-state index in [-0.39, 0.29) is 11.9 Å². The van der Waals surface area contributed by atoms with Gasteiger partial charge in [-0.25, -0.2) is 4.98 Å². The Morgan fingerprint density at radius 1 is 1.03 bits per heavy atom. The number of hydrogen-bond acceptors (Lipinski definition) is 6. The van der Waals surface area contributed by atoms with E-state index in [0.717, 1.165) is 40.3 Å². The fraction of sp³-hybridized carbons (Fsp3) is 0.321. The minimum atomic E-state index is 0.126. The molecule has 1 saturated heterocycles. The predicted octanol–water partition coefficient (Wildman–Crippen LogP) is 4.30. The van der Waals surface area contributed by atoms with Gasteiger partial charge in [-0.15, -0.1) is 10.2 Å². The lowest BCUT2D eigenvalue weighted by molar-refractivity contribution is -0.117. The molecule has 0 radical (unpaired) electrons. The molecular weight excluding hydrogens is 452 g/mol. The lowest BCUT2D eigenvalue weighted by atomic mass is 9.96. The molecule has 2 aliphatic heterocycles. The molecule has 180 valence electrons. The van der Waals surface area contributed by atoms with Gasteiger partial charge in [-0.05, 0) is 54.0 Å². The normalized spacial score (nSPS) is 18.6. The van der Waals surface area contributed by atoms with Gasteiger partial charge in [-0.2, -0.15) is 0 Å².